The van der Waals surface area contributed by atoms with Crippen LogP contribution in [0.25, 0.3) is 10.2 Å². The van der Waals surface area contributed by atoms with Crippen LogP contribution in [0, 0.1) is 16.0 Å². The smallest absolute Gasteiger partial charge is 0.348 e. The topological polar surface area (TPSA) is 115 Å². The van der Waals surface area contributed by atoms with Crippen molar-refractivity contribution in [3.05, 3.63) is 53.7 Å². The molecule has 0 amide bonds. The molecule has 140 valence electrons. The van der Waals surface area contributed by atoms with Gasteiger partial charge < -0.3 is 9.72 Å². The molecule has 1 aliphatic rings. The quantitative estimate of drug-likeness (QED) is 0.404. The highest BCUT2D eigenvalue weighted by molar-refractivity contribution is 7.18. The maximum absolute atomic E-state index is 12.5. The zero-order valence-corrected chi connectivity index (χ0v) is 15.9. The van der Waals surface area contributed by atoms with E-state index in [0.717, 1.165) is 36.2 Å². The van der Waals surface area contributed by atoms with Crippen molar-refractivity contribution in [2.75, 3.05) is 0 Å². The van der Waals surface area contributed by atoms with Gasteiger partial charge in [0.1, 0.15) is 22.1 Å². The van der Waals surface area contributed by atoms with Gasteiger partial charge in [-0.1, -0.05) is 18.3 Å². The number of H-pyrrole nitrogens is 1. The number of thiophene rings is 2. The Morgan fingerprint density at radius 3 is 3.00 bits per heavy atom. The van der Waals surface area contributed by atoms with E-state index in [-0.39, 0.29) is 27.9 Å². The van der Waals surface area contributed by atoms with Gasteiger partial charge in [-0.05, 0) is 36.8 Å². The minimum atomic E-state index is -0.685. The van der Waals surface area contributed by atoms with E-state index in [4.69, 9.17) is 4.74 Å². The molecule has 0 aliphatic heterocycles. The Kier molecular flexibility index (Phi) is 4.52. The molecule has 0 spiro atoms. The van der Waals surface area contributed by atoms with Gasteiger partial charge in [0.25, 0.3) is 5.56 Å². The molecule has 0 saturated carbocycles. The summed E-state index contributed by atoms with van der Waals surface area (Å²) in [6.45, 7) is 2.00. The van der Waals surface area contributed by atoms with E-state index < -0.39 is 10.9 Å². The summed E-state index contributed by atoms with van der Waals surface area (Å²) in [6.07, 6.45) is 2.90. The molecular formula is C17H15N3O5S2. The minimum Gasteiger partial charge on any atom is -0.453 e. The standard InChI is InChI=1S/C17H15N3O5S2/c1-8-2-3-9-11(6-8)27-16-14(9)15(21)18-12(19-16)7-25-17(22)10-4-5-13(26-10)20(23)24/h4-5,8H,2-3,6-7H2,1H3,(H,18,19,21)/t8-/m1/s1. The van der Waals surface area contributed by atoms with Gasteiger partial charge in [-0.3, -0.25) is 14.9 Å². The Morgan fingerprint density at radius 1 is 1.44 bits per heavy atom. The number of nitro groups is 1. The van der Waals surface area contributed by atoms with Gasteiger partial charge in [0.15, 0.2) is 0 Å². The van der Waals surface area contributed by atoms with Crippen LogP contribution < -0.4 is 5.56 Å². The molecule has 0 radical (unpaired) electrons. The molecule has 8 nitrogen and oxygen atoms in total. The van der Waals surface area contributed by atoms with Gasteiger partial charge in [-0.15, -0.1) is 11.3 Å². The first-order chi connectivity index (χ1) is 12.9. The number of nitrogens with zero attached hydrogens (tertiary/aromatic N) is 2. The molecule has 10 heteroatoms. The van der Waals surface area contributed by atoms with Crippen molar-refractivity contribution in [1.29, 1.82) is 0 Å². The number of hydrogen-bond acceptors (Lipinski definition) is 8. The second kappa shape index (κ2) is 6.86. The van der Waals surface area contributed by atoms with Crippen LogP contribution in [-0.2, 0) is 24.2 Å². The van der Waals surface area contributed by atoms with Gasteiger partial charge in [-0.25, -0.2) is 9.78 Å². The zero-order chi connectivity index (χ0) is 19.1. The molecule has 0 fully saturated rings. The molecule has 4 rings (SSSR count). The highest BCUT2D eigenvalue weighted by atomic mass is 32.1. The van der Waals surface area contributed by atoms with Crippen LogP contribution in [0.1, 0.15) is 39.3 Å². The molecular weight excluding hydrogens is 390 g/mol. The first kappa shape index (κ1) is 17.8. The van der Waals surface area contributed by atoms with Crippen molar-refractivity contribution in [2.45, 2.75) is 32.8 Å². The Bertz CT molecular complexity index is 1110. The number of nitrogens with one attached hydrogen (secondary N) is 1. The highest BCUT2D eigenvalue weighted by Crippen LogP contribution is 2.35. The number of aromatic amines is 1. The van der Waals surface area contributed by atoms with Crippen LogP contribution in [-0.4, -0.2) is 20.9 Å². The number of aromatic nitrogens is 2. The molecule has 1 aliphatic carbocycles. The van der Waals surface area contributed by atoms with Crippen molar-refractivity contribution >= 4 is 43.9 Å². The zero-order valence-electron chi connectivity index (χ0n) is 14.3. The van der Waals surface area contributed by atoms with E-state index in [1.54, 1.807) is 0 Å². The first-order valence-corrected chi connectivity index (χ1v) is 10.0. The SMILES string of the molecule is C[C@@H]1CCc2c(sc3nc(COC(=O)c4ccc([N+](=O)[O-])s4)[nH]c(=O)c23)C1. The summed E-state index contributed by atoms with van der Waals surface area (Å²) in [5.41, 5.74) is 0.876. The van der Waals surface area contributed by atoms with Crippen molar-refractivity contribution in [2.24, 2.45) is 5.92 Å². The van der Waals surface area contributed by atoms with Crippen LogP contribution in [0.5, 0.6) is 0 Å². The van der Waals surface area contributed by atoms with Gasteiger partial charge in [0.2, 0.25) is 0 Å². The molecule has 3 aromatic rings. The molecule has 27 heavy (non-hydrogen) atoms. The van der Waals surface area contributed by atoms with Crippen LogP contribution in [0.15, 0.2) is 16.9 Å². The first-order valence-electron chi connectivity index (χ1n) is 8.37. The third-order valence-corrected chi connectivity index (χ3v) is 6.69. The van der Waals surface area contributed by atoms with Gasteiger partial charge >= 0.3 is 11.0 Å². The van der Waals surface area contributed by atoms with Crippen molar-refractivity contribution in [1.82, 2.24) is 9.97 Å². The fourth-order valence-corrected chi connectivity index (χ4v) is 5.32. The number of esters is 1. The molecule has 1 N–H and O–H groups in total. The largest absolute Gasteiger partial charge is 0.453 e. The fourth-order valence-electron chi connectivity index (χ4n) is 3.20. The Hall–Kier alpha value is -2.59. The van der Waals surface area contributed by atoms with Crippen LogP contribution >= 0.6 is 22.7 Å². The second-order valence-corrected chi connectivity index (χ2v) is 8.66. The maximum atomic E-state index is 12.5. The molecule has 3 aromatic heterocycles. The molecule has 0 aromatic carbocycles. The summed E-state index contributed by atoms with van der Waals surface area (Å²) in [7, 11) is 0. The summed E-state index contributed by atoms with van der Waals surface area (Å²) in [4.78, 5) is 43.8. The van der Waals surface area contributed by atoms with E-state index >= 15 is 0 Å². The van der Waals surface area contributed by atoms with E-state index in [1.165, 1.54) is 28.3 Å². The summed E-state index contributed by atoms with van der Waals surface area (Å²) >= 11 is 2.27. The highest BCUT2D eigenvalue weighted by Gasteiger charge is 2.23. The van der Waals surface area contributed by atoms with Crippen LogP contribution in [0.4, 0.5) is 5.00 Å². The monoisotopic (exact) mass is 405 g/mol. The van der Waals surface area contributed by atoms with Gasteiger partial charge in [0.05, 0.1) is 10.3 Å². The average molecular weight is 405 g/mol. The molecule has 0 saturated heterocycles. The number of ether oxygens (including phenoxy) is 1. The maximum Gasteiger partial charge on any atom is 0.348 e. The fraction of sp³-hybridized carbons (Fsp3) is 0.353. The lowest BCUT2D eigenvalue weighted by Crippen LogP contribution is -2.16. The van der Waals surface area contributed by atoms with Crippen molar-refractivity contribution < 1.29 is 14.5 Å². The van der Waals surface area contributed by atoms with Crippen LogP contribution in [0.2, 0.25) is 0 Å². The number of carbonyl (C=O) groups excluding carboxylic acids is 1. The molecule has 1 atom stereocenters. The third-order valence-electron chi connectivity index (χ3n) is 4.53. The number of rotatable bonds is 4. The Morgan fingerprint density at radius 2 is 2.26 bits per heavy atom. The van der Waals surface area contributed by atoms with Gasteiger partial charge in [0, 0.05) is 10.9 Å². The third kappa shape index (κ3) is 3.37. The summed E-state index contributed by atoms with van der Waals surface area (Å²) in [5.74, 6) is 0.175. The van der Waals surface area contributed by atoms with Crippen molar-refractivity contribution in [3.8, 4) is 0 Å². The predicted octanol–water partition coefficient (Wildman–Crippen LogP) is 3.44. The summed E-state index contributed by atoms with van der Waals surface area (Å²) in [5, 5.41) is 11.2. The number of carbonyl (C=O) groups is 1. The normalized spacial score (nSPS) is 16.3. The van der Waals surface area contributed by atoms with Gasteiger partial charge in [-0.2, -0.15) is 0 Å². The average Bonchev–Trinajstić information content (AvgIpc) is 3.24. The van der Waals surface area contributed by atoms with E-state index in [1.807, 2.05) is 0 Å². The van der Waals surface area contributed by atoms with Crippen molar-refractivity contribution in [3.63, 3.8) is 0 Å². The van der Waals surface area contributed by atoms with E-state index in [2.05, 4.69) is 16.9 Å². The second-order valence-electron chi connectivity index (χ2n) is 6.52. The minimum absolute atomic E-state index is 0.130. The predicted molar refractivity (Wildman–Crippen MR) is 102 cm³/mol. The molecule has 3 heterocycles. The van der Waals surface area contributed by atoms with Crippen LogP contribution in [0.3, 0.4) is 0 Å². The summed E-state index contributed by atoms with van der Waals surface area (Å²) < 4.78 is 5.15. The lowest BCUT2D eigenvalue weighted by molar-refractivity contribution is -0.380. The number of fused-ring (bicyclic) bond motifs is 3. The Balaban J connectivity index is 1.55. The van der Waals surface area contributed by atoms with E-state index in [0.29, 0.717) is 16.1 Å². The van der Waals surface area contributed by atoms with E-state index in [9.17, 15) is 19.7 Å². The number of aryl methyl sites for hydroxylation is 1. The number of hydrogen-bond donors (Lipinski definition) is 1. The lowest BCUT2D eigenvalue weighted by atomic mass is 9.89. The molecule has 0 unspecified atom stereocenters. The summed E-state index contributed by atoms with van der Waals surface area (Å²) in [6, 6.07) is 2.60. The molecule has 0 bridgehead atoms. The lowest BCUT2D eigenvalue weighted by Gasteiger charge is -2.17. The Labute approximate surface area is 161 Å².